The van der Waals surface area contributed by atoms with Crippen molar-refractivity contribution in [1.82, 2.24) is 10.6 Å². The van der Waals surface area contributed by atoms with E-state index in [1.165, 1.54) is 12.1 Å². The number of nitrogens with zero attached hydrogens (tertiary/aromatic N) is 1. The number of aliphatic hydroxyl groups is 7. The first kappa shape index (κ1) is 25.8. The van der Waals surface area contributed by atoms with Crippen molar-refractivity contribution in [2.75, 3.05) is 20.2 Å². The number of aliphatic hydroxyl groups excluding tert-OH is 5. The lowest BCUT2D eigenvalue weighted by Crippen LogP contribution is -2.95. The summed E-state index contributed by atoms with van der Waals surface area (Å²) in [5, 5.41) is 94.7. The standard InChI is InChI=1S/C11H17N3O8.C9H13NO3/c12-8-13-6(17)2-4-9(19,1-15)5-3(16)10(2,14-8)7(18)11(20,21-4)22-5;1-10-5-9(13)6-2-3-7(11)8(12)4-6/h2-7,15-20H,1H2,(H3,12,13,14);2-4,9-13H,5H2,1H3/t2?,3?,4?,5-,6?,7+,9?,10?,11+;9-/m10/s1. The quantitative estimate of drug-likeness (QED) is 0.172. The number of benzene rings is 1. The molecular formula is C20H30N4O11. The zero-order chi connectivity index (χ0) is 25.9. The number of hydrogen-bond acceptors (Lipinski definition) is 15. The average molecular weight is 502 g/mol. The second-order valence-electron chi connectivity index (χ2n) is 9.04. The van der Waals surface area contributed by atoms with Crippen LogP contribution >= 0.6 is 0 Å². The molecule has 10 atom stereocenters. The Kier molecular flexibility index (Phi) is 6.38. The van der Waals surface area contributed by atoms with Gasteiger partial charge in [0.2, 0.25) is 0 Å². The number of nitrogens with two attached hydrogens (primary N) is 1. The summed E-state index contributed by atoms with van der Waals surface area (Å²) in [6.07, 6.45) is -8.44. The molecule has 4 aliphatic heterocycles. The Morgan fingerprint density at radius 1 is 1.14 bits per heavy atom. The smallest absolute Gasteiger partial charge is 0.311 e. The van der Waals surface area contributed by atoms with E-state index in [2.05, 4.69) is 15.6 Å². The highest BCUT2D eigenvalue weighted by Gasteiger charge is 2.82. The third kappa shape index (κ3) is 3.63. The van der Waals surface area contributed by atoms with Gasteiger partial charge in [-0.25, -0.2) is 4.99 Å². The molecular weight excluding hydrogens is 472 g/mol. The zero-order valence-corrected chi connectivity index (χ0v) is 18.6. The molecule has 13 N–H and O–H groups in total. The number of nitrogens with one attached hydrogen (secondary N) is 2. The minimum absolute atomic E-state index is 0.180. The van der Waals surface area contributed by atoms with E-state index in [0.717, 1.165) is 0 Å². The second-order valence-corrected chi connectivity index (χ2v) is 9.04. The van der Waals surface area contributed by atoms with E-state index in [1.807, 2.05) is 0 Å². The molecule has 6 rings (SSSR count). The Morgan fingerprint density at radius 2 is 1.80 bits per heavy atom. The van der Waals surface area contributed by atoms with Gasteiger partial charge < -0.3 is 71.8 Å². The normalized spacial score (nSPS) is 43.9. The number of hydrogen-bond donors (Lipinski definition) is 12. The van der Waals surface area contributed by atoms with Crippen LogP contribution in [0.3, 0.4) is 0 Å². The Balaban J connectivity index is 0.000000191. The third-order valence-electron chi connectivity index (χ3n) is 7.00. The molecule has 1 aromatic carbocycles. The minimum atomic E-state index is -2.52. The maximum atomic E-state index is 10.6. The van der Waals surface area contributed by atoms with Gasteiger partial charge in [0, 0.05) is 6.54 Å². The predicted molar refractivity (Wildman–Crippen MR) is 114 cm³/mol. The summed E-state index contributed by atoms with van der Waals surface area (Å²) < 4.78 is 10.3. The van der Waals surface area contributed by atoms with Crippen molar-refractivity contribution in [3.63, 3.8) is 0 Å². The fraction of sp³-hybridized carbons (Fsp3) is 0.650. The van der Waals surface area contributed by atoms with Crippen LogP contribution in [-0.2, 0) is 9.47 Å². The van der Waals surface area contributed by atoms with Gasteiger partial charge in [-0.05, 0) is 24.7 Å². The zero-order valence-electron chi connectivity index (χ0n) is 18.6. The fourth-order valence-corrected chi connectivity index (χ4v) is 5.30. The number of aromatic hydroxyl groups is 2. The van der Waals surface area contributed by atoms with Gasteiger partial charge in [0.25, 0.3) is 0 Å². The number of phenols is 2. The van der Waals surface area contributed by atoms with Crippen LogP contribution in [0.25, 0.3) is 0 Å². The molecule has 0 amide bonds. The van der Waals surface area contributed by atoms with Crippen LogP contribution in [0.5, 0.6) is 11.5 Å². The monoisotopic (exact) mass is 502 g/mol. The molecule has 6 unspecified atom stereocenters. The first-order valence-corrected chi connectivity index (χ1v) is 10.8. The highest BCUT2D eigenvalue weighted by atomic mass is 16.9. The molecule has 1 aromatic rings. The van der Waals surface area contributed by atoms with Crippen LogP contribution in [-0.4, -0.2) is 120 Å². The van der Waals surface area contributed by atoms with Gasteiger partial charge in [-0.3, -0.25) is 0 Å². The van der Waals surface area contributed by atoms with E-state index < -0.39 is 66.4 Å². The van der Waals surface area contributed by atoms with Crippen LogP contribution in [0.4, 0.5) is 0 Å². The summed E-state index contributed by atoms with van der Waals surface area (Å²) in [4.78, 5) is 3.70. The molecule has 0 radical (unpaired) electrons. The van der Waals surface area contributed by atoms with Gasteiger partial charge in [0.15, 0.2) is 29.8 Å². The number of guanidine groups is 1. The van der Waals surface area contributed by atoms with Crippen molar-refractivity contribution in [2.24, 2.45) is 16.6 Å². The van der Waals surface area contributed by atoms with Crippen LogP contribution in [0.15, 0.2) is 23.2 Å². The molecule has 4 heterocycles. The van der Waals surface area contributed by atoms with Gasteiger partial charge >= 0.3 is 5.97 Å². The van der Waals surface area contributed by atoms with E-state index in [9.17, 15) is 35.7 Å². The fourth-order valence-electron chi connectivity index (χ4n) is 5.30. The summed E-state index contributed by atoms with van der Waals surface area (Å²) in [5.74, 6) is -4.34. The van der Waals surface area contributed by atoms with Crippen LogP contribution in [0, 0.1) is 5.92 Å². The predicted octanol–water partition coefficient (Wildman–Crippen LogP) is -5.17. The van der Waals surface area contributed by atoms with E-state index in [0.29, 0.717) is 12.1 Å². The van der Waals surface area contributed by atoms with Crippen LogP contribution < -0.4 is 16.4 Å². The van der Waals surface area contributed by atoms with E-state index >= 15 is 0 Å². The number of aliphatic imine (C=N–C) groups is 1. The molecule has 0 aromatic heterocycles. The molecule has 3 saturated heterocycles. The Hall–Kier alpha value is -2.31. The van der Waals surface area contributed by atoms with Crippen molar-refractivity contribution in [2.45, 2.75) is 53.9 Å². The van der Waals surface area contributed by atoms with E-state index in [4.69, 9.17) is 25.4 Å². The number of rotatable bonds is 4. The Bertz CT molecular complexity index is 1000. The molecule has 4 fully saturated rings. The summed E-state index contributed by atoms with van der Waals surface area (Å²) in [5.41, 5.74) is 2.31. The lowest BCUT2D eigenvalue weighted by Gasteiger charge is -2.71. The molecule has 4 bridgehead atoms. The highest BCUT2D eigenvalue weighted by Crippen LogP contribution is 2.58. The van der Waals surface area contributed by atoms with Gasteiger partial charge in [0.1, 0.15) is 29.5 Å². The van der Waals surface area contributed by atoms with E-state index in [-0.39, 0.29) is 17.5 Å². The van der Waals surface area contributed by atoms with Crippen molar-refractivity contribution >= 4 is 5.96 Å². The molecule has 35 heavy (non-hydrogen) atoms. The van der Waals surface area contributed by atoms with Gasteiger partial charge in [-0.15, -0.1) is 0 Å². The third-order valence-corrected chi connectivity index (χ3v) is 7.00. The largest absolute Gasteiger partial charge is 0.504 e. The first-order valence-electron chi connectivity index (χ1n) is 10.8. The van der Waals surface area contributed by atoms with Gasteiger partial charge in [0.05, 0.1) is 18.6 Å². The summed E-state index contributed by atoms with van der Waals surface area (Å²) >= 11 is 0. The van der Waals surface area contributed by atoms with Gasteiger partial charge in [-0.2, -0.15) is 0 Å². The number of ether oxygens (including phenoxy) is 2. The maximum absolute atomic E-state index is 10.6. The average Bonchev–Trinajstić information content (AvgIpc) is 2.80. The molecule has 15 heteroatoms. The molecule has 1 aliphatic carbocycles. The lowest BCUT2D eigenvalue weighted by molar-refractivity contribution is -0.548. The van der Waals surface area contributed by atoms with Crippen LogP contribution in [0.2, 0.25) is 0 Å². The minimum Gasteiger partial charge on any atom is -0.504 e. The number of likely N-dealkylation sites (N-methyl/N-ethyl adjacent to an activating group) is 1. The molecule has 15 nitrogen and oxygen atoms in total. The Labute approximate surface area is 198 Å². The summed E-state index contributed by atoms with van der Waals surface area (Å²) in [7, 11) is 1.73. The van der Waals surface area contributed by atoms with Gasteiger partial charge in [-0.1, -0.05) is 6.07 Å². The molecule has 5 aliphatic rings. The second kappa shape index (κ2) is 8.67. The van der Waals surface area contributed by atoms with Crippen molar-refractivity contribution in [3.05, 3.63) is 23.8 Å². The highest BCUT2D eigenvalue weighted by molar-refractivity contribution is 5.80. The maximum Gasteiger partial charge on any atom is 0.311 e. The summed E-state index contributed by atoms with van der Waals surface area (Å²) in [6.45, 7) is -0.450. The molecule has 1 saturated carbocycles. The van der Waals surface area contributed by atoms with E-state index in [1.54, 1.807) is 13.1 Å². The first-order chi connectivity index (χ1) is 16.4. The SMILES string of the molecule is CNC[C@H](O)c1ccc(O)c(O)c1.NC1=NC(O)C2C3O[C@]4(O)O[C@H](C(O)C2(N1)[C@@H]4O)C3(O)CO. The molecule has 1 spiro atoms. The summed E-state index contributed by atoms with van der Waals surface area (Å²) in [6, 6.07) is 4.26. The topological polar surface area (TPSA) is 263 Å². The van der Waals surface area contributed by atoms with Crippen LogP contribution in [0.1, 0.15) is 11.7 Å². The van der Waals surface area contributed by atoms with Crippen molar-refractivity contribution in [3.8, 4) is 11.5 Å². The lowest BCUT2D eigenvalue weighted by atomic mass is 9.55. The van der Waals surface area contributed by atoms with Crippen molar-refractivity contribution in [1.29, 1.82) is 0 Å². The molecule has 196 valence electrons. The number of phenolic OH excluding ortho intramolecular Hbond substituents is 2. The Morgan fingerprint density at radius 3 is 2.40 bits per heavy atom. The van der Waals surface area contributed by atoms with Crippen molar-refractivity contribution < 1.29 is 55.4 Å².